The Bertz CT molecular complexity index is 821. The molecule has 0 aliphatic carbocycles. The number of nitrogens with zero attached hydrogens (tertiary/aromatic N) is 3. The SMILES string of the molecule is O=C(NCc1ccncc1)N1CCC(c2nc3ccccc3o2)CC1. The number of hydrogen-bond acceptors (Lipinski definition) is 4. The number of piperidine rings is 1. The van der Waals surface area contributed by atoms with Crippen LogP contribution in [0.3, 0.4) is 0 Å². The van der Waals surface area contributed by atoms with Crippen LogP contribution < -0.4 is 5.32 Å². The summed E-state index contributed by atoms with van der Waals surface area (Å²) in [4.78, 5) is 22.7. The van der Waals surface area contributed by atoms with Crippen molar-refractivity contribution in [3.05, 3.63) is 60.2 Å². The molecular weight excluding hydrogens is 316 g/mol. The average Bonchev–Trinajstić information content (AvgIpc) is 3.11. The topological polar surface area (TPSA) is 71.3 Å². The van der Waals surface area contributed by atoms with Crippen molar-refractivity contribution in [2.45, 2.75) is 25.3 Å². The van der Waals surface area contributed by atoms with Crippen molar-refractivity contribution in [1.29, 1.82) is 0 Å². The third kappa shape index (κ3) is 3.47. The highest BCUT2D eigenvalue weighted by Crippen LogP contribution is 2.29. The Hall–Kier alpha value is -2.89. The highest BCUT2D eigenvalue weighted by Gasteiger charge is 2.26. The summed E-state index contributed by atoms with van der Waals surface area (Å²) in [6.07, 6.45) is 5.20. The van der Waals surface area contributed by atoms with Crippen LogP contribution in [0, 0.1) is 0 Å². The van der Waals surface area contributed by atoms with E-state index in [0.717, 1.165) is 35.4 Å². The number of pyridine rings is 1. The predicted octanol–water partition coefficient (Wildman–Crippen LogP) is 3.31. The maximum atomic E-state index is 12.3. The number of oxazole rings is 1. The van der Waals surface area contributed by atoms with Crippen LogP contribution in [0.5, 0.6) is 0 Å². The zero-order valence-electron chi connectivity index (χ0n) is 13.9. The number of hydrogen-bond donors (Lipinski definition) is 1. The molecule has 25 heavy (non-hydrogen) atoms. The fourth-order valence-electron chi connectivity index (χ4n) is 3.18. The van der Waals surface area contributed by atoms with Crippen LogP contribution in [0.2, 0.25) is 0 Å². The van der Waals surface area contributed by atoms with Crippen molar-refractivity contribution in [2.24, 2.45) is 0 Å². The maximum Gasteiger partial charge on any atom is 0.317 e. The van der Waals surface area contributed by atoms with Gasteiger partial charge in [-0.2, -0.15) is 0 Å². The van der Waals surface area contributed by atoms with Crippen molar-refractivity contribution in [1.82, 2.24) is 20.2 Å². The maximum absolute atomic E-state index is 12.3. The van der Waals surface area contributed by atoms with E-state index < -0.39 is 0 Å². The molecule has 128 valence electrons. The summed E-state index contributed by atoms with van der Waals surface area (Å²) in [6, 6.07) is 11.6. The second kappa shape index (κ2) is 6.93. The van der Waals surface area contributed by atoms with E-state index in [1.54, 1.807) is 12.4 Å². The van der Waals surface area contributed by atoms with Gasteiger partial charge in [0.1, 0.15) is 5.52 Å². The van der Waals surface area contributed by atoms with E-state index in [1.807, 2.05) is 41.3 Å². The van der Waals surface area contributed by atoms with E-state index in [0.29, 0.717) is 19.6 Å². The summed E-state index contributed by atoms with van der Waals surface area (Å²) in [5.74, 6) is 1.06. The molecule has 2 aromatic heterocycles. The van der Waals surface area contributed by atoms with Crippen LogP contribution in [0.4, 0.5) is 4.79 Å². The Labute approximate surface area is 145 Å². The van der Waals surface area contributed by atoms with Crippen molar-refractivity contribution in [2.75, 3.05) is 13.1 Å². The molecule has 1 N–H and O–H groups in total. The minimum atomic E-state index is -0.0205. The van der Waals surface area contributed by atoms with E-state index in [1.165, 1.54) is 0 Å². The molecule has 1 fully saturated rings. The normalized spacial score (nSPS) is 15.4. The van der Waals surface area contributed by atoms with Gasteiger partial charge in [0.05, 0.1) is 0 Å². The van der Waals surface area contributed by atoms with Crippen LogP contribution in [0.25, 0.3) is 11.1 Å². The van der Waals surface area contributed by atoms with Crippen LogP contribution >= 0.6 is 0 Å². The first-order valence-corrected chi connectivity index (χ1v) is 8.57. The third-order valence-corrected chi connectivity index (χ3v) is 4.63. The van der Waals surface area contributed by atoms with Gasteiger partial charge in [0, 0.05) is 37.9 Å². The highest BCUT2D eigenvalue weighted by molar-refractivity contribution is 5.74. The number of carbonyl (C=O) groups excluding carboxylic acids is 1. The molecule has 0 atom stereocenters. The predicted molar refractivity (Wildman–Crippen MR) is 94.0 cm³/mol. The molecule has 0 saturated carbocycles. The number of amides is 2. The van der Waals surface area contributed by atoms with Gasteiger partial charge in [-0.05, 0) is 42.7 Å². The van der Waals surface area contributed by atoms with Crippen molar-refractivity contribution < 1.29 is 9.21 Å². The smallest absolute Gasteiger partial charge is 0.317 e. The number of likely N-dealkylation sites (tertiary alicyclic amines) is 1. The first kappa shape index (κ1) is 15.6. The number of para-hydroxylation sites is 2. The quantitative estimate of drug-likeness (QED) is 0.796. The van der Waals surface area contributed by atoms with Gasteiger partial charge in [0.15, 0.2) is 11.5 Å². The number of aromatic nitrogens is 2. The fraction of sp³-hybridized carbons (Fsp3) is 0.316. The zero-order chi connectivity index (χ0) is 17.1. The molecule has 0 bridgehead atoms. The largest absolute Gasteiger partial charge is 0.440 e. The van der Waals surface area contributed by atoms with Gasteiger partial charge in [0.25, 0.3) is 0 Å². The van der Waals surface area contributed by atoms with Crippen molar-refractivity contribution in [3.63, 3.8) is 0 Å². The third-order valence-electron chi connectivity index (χ3n) is 4.63. The summed E-state index contributed by atoms with van der Waals surface area (Å²) in [5, 5.41) is 2.96. The number of rotatable bonds is 3. The number of urea groups is 1. The highest BCUT2D eigenvalue weighted by atomic mass is 16.3. The fourth-order valence-corrected chi connectivity index (χ4v) is 3.18. The molecule has 0 radical (unpaired) electrons. The lowest BCUT2D eigenvalue weighted by Crippen LogP contribution is -2.43. The number of fused-ring (bicyclic) bond motifs is 1. The summed E-state index contributed by atoms with van der Waals surface area (Å²) in [6.45, 7) is 1.95. The Morgan fingerprint density at radius 2 is 1.92 bits per heavy atom. The lowest BCUT2D eigenvalue weighted by atomic mass is 9.97. The second-order valence-electron chi connectivity index (χ2n) is 6.30. The molecule has 4 rings (SSSR count). The molecule has 1 aliphatic rings. The molecule has 0 spiro atoms. The van der Waals surface area contributed by atoms with Crippen molar-refractivity contribution in [3.8, 4) is 0 Å². The van der Waals surface area contributed by atoms with Crippen LogP contribution in [-0.2, 0) is 6.54 Å². The Balaban J connectivity index is 1.32. The van der Waals surface area contributed by atoms with E-state index in [9.17, 15) is 4.79 Å². The Morgan fingerprint density at radius 1 is 1.16 bits per heavy atom. The minimum absolute atomic E-state index is 0.0205. The Morgan fingerprint density at radius 3 is 2.68 bits per heavy atom. The number of carbonyl (C=O) groups is 1. The Kier molecular flexibility index (Phi) is 4.33. The molecule has 0 unspecified atom stereocenters. The molecule has 1 saturated heterocycles. The molecule has 6 nitrogen and oxygen atoms in total. The van der Waals surface area contributed by atoms with Gasteiger partial charge in [-0.25, -0.2) is 9.78 Å². The van der Waals surface area contributed by atoms with Crippen molar-refractivity contribution >= 4 is 17.1 Å². The van der Waals surface area contributed by atoms with E-state index in [2.05, 4.69) is 15.3 Å². The first-order chi connectivity index (χ1) is 12.3. The lowest BCUT2D eigenvalue weighted by Gasteiger charge is -2.30. The van der Waals surface area contributed by atoms with Gasteiger partial charge in [-0.1, -0.05) is 12.1 Å². The molecule has 3 heterocycles. The number of nitrogens with one attached hydrogen (secondary N) is 1. The van der Waals surface area contributed by atoms with Gasteiger partial charge < -0.3 is 14.6 Å². The summed E-state index contributed by atoms with van der Waals surface area (Å²) >= 11 is 0. The second-order valence-corrected chi connectivity index (χ2v) is 6.30. The minimum Gasteiger partial charge on any atom is -0.440 e. The van der Waals surface area contributed by atoms with Crippen LogP contribution in [-0.4, -0.2) is 34.0 Å². The molecule has 3 aromatic rings. The summed E-state index contributed by atoms with van der Waals surface area (Å²) < 4.78 is 5.87. The summed E-state index contributed by atoms with van der Waals surface area (Å²) in [5.41, 5.74) is 2.77. The standard InChI is InChI=1S/C19H20N4O2/c24-19(21-13-14-5-9-20-10-6-14)23-11-7-15(8-12-23)18-22-16-3-1-2-4-17(16)25-18/h1-6,9-10,15H,7-8,11-13H2,(H,21,24). The molecule has 2 amide bonds. The summed E-state index contributed by atoms with van der Waals surface area (Å²) in [7, 11) is 0. The van der Waals surface area contributed by atoms with E-state index in [4.69, 9.17) is 4.42 Å². The molecule has 1 aliphatic heterocycles. The number of benzene rings is 1. The molecular formula is C19H20N4O2. The van der Waals surface area contributed by atoms with Gasteiger partial charge in [-0.3, -0.25) is 4.98 Å². The van der Waals surface area contributed by atoms with Gasteiger partial charge >= 0.3 is 6.03 Å². The van der Waals surface area contributed by atoms with E-state index >= 15 is 0 Å². The van der Waals surface area contributed by atoms with Gasteiger partial charge in [-0.15, -0.1) is 0 Å². The average molecular weight is 336 g/mol. The first-order valence-electron chi connectivity index (χ1n) is 8.57. The molecule has 6 heteroatoms. The van der Waals surface area contributed by atoms with Crippen LogP contribution in [0.15, 0.2) is 53.2 Å². The zero-order valence-corrected chi connectivity index (χ0v) is 13.9. The monoisotopic (exact) mass is 336 g/mol. The lowest BCUT2D eigenvalue weighted by molar-refractivity contribution is 0.177. The van der Waals surface area contributed by atoms with Gasteiger partial charge in [0.2, 0.25) is 0 Å². The van der Waals surface area contributed by atoms with E-state index in [-0.39, 0.29) is 11.9 Å². The molecule has 1 aromatic carbocycles. The van der Waals surface area contributed by atoms with Crippen LogP contribution in [0.1, 0.15) is 30.2 Å².